The third kappa shape index (κ3) is 4.17. The van der Waals surface area contributed by atoms with Gasteiger partial charge in [-0.25, -0.2) is 0 Å². The number of benzene rings is 1. The molecule has 0 saturated heterocycles. The van der Waals surface area contributed by atoms with E-state index in [0.29, 0.717) is 6.54 Å². The molecule has 4 nitrogen and oxygen atoms in total. The number of nitrogens with zero attached hydrogens (tertiary/aromatic N) is 1. The fourth-order valence-electron chi connectivity index (χ4n) is 1.97. The number of hydrogen-bond acceptors (Lipinski definition) is 3. The zero-order chi connectivity index (χ0) is 14.4. The van der Waals surface area contributed by atoms with Crippen molar-refractivity contribution < 1.29 is 4.79 Å². The summed E-state index contributed by atoms with van der Waals surface area (Å²) in [4.78, 5) is 15.9. The Balaban J connectivity index is 1.81. The summed E-state index contributed by atoms with van der Waals surface area (Å²) in [5, 5.41) is 6.01. The lowest BCUT2D eigenvalue weighted by molar-refractivity contribution is -0.115. The molecule has 0 bridgehead atoms. The average Bonchev–Trinajstić information content (AvgIpc) is 2.43. The molecule has 4 heteroatoms. The molecule has 2 rings (SSSR count). The zero-order valence-corrected chi connectivity index (χ0v) is 11.8. The van der Waals surface area contributed by atoms with Crippen LogP contribution in [0.1, 0.15) is 16.7 Å². The number of hydrogen-bond donors (Lipinski definition) is 2. The molecule has 0 fully saturated rings. The number of pyridine rings is 1. The lowest BCUT2D eigenvalue weighted by Crippen LogP contribution is -2.28. The fraction of sp³-hybridized carbons (Fsp3) is 0.250. The van der Waals surface area contributed by atoms with Gasteiger partial charge in [-0.05, 0) is 37.1 Å². The number of carbonyl (C=O) groups is 1. The lowest BCUT2D eigenvalue weighted by atomic mass is 10.1. The van der Waals surface area contributed by atoms with Gasteiger partial charge in [-0.2, -0.15) is 0 Å². The normalized spacial score (nSPS) is 10.3. The van der Waals surface area contributed by atoms with Gasteiger partial charge < -0.3 is 10.6 Å². The topological polar surface area (TPSA) is 54.0 Å². The minimum absolute atomic E-state index is 0.0409. The van der Waals surface area contributed by atoms with E-state index in [4.69, 9.17) is 0 Å². The van der Waals surface area contributed by atoms with Crippen molar-refractivity contribution in [2.24, 2.45) is 0 Å². The first kappa shape index (κ1) is 14.2. The molecular formula is C16H19N3O. The summed E-state index contributed by atoms with van der Waals surface area (Å²) < 4.78 is 0. The number of rotatable bonds is 5. The number of carbonyl (C=O) groups excluding carboxylic acids is 1. The second kappa shape index (κ2) is 6.82. The third-order valence-electron chi connectivity index (χ3n) is 2.99. The first-order valence-electron chi connectivity index (χ1n) is 6.62. The highest BCUT2D eigenvalue weighted by molar-refractivity contribution is 5.92. The van der Waals surface area contributed by atoms with Crippen LogP contribution in [0.3, 0.4) is 0 Å². The standard InChI is InChI=1S/C16H19N3O/c1-12-5-6-15(13(2)8-12)19-16(20)11-18-10-14-4-3-7-17-9-14/h3-9,18H,10-11H2,1-2H3,(H,19,20). The molecule has 0 unspecified atom stereocenters. The molecule has 0 aliphatic rings. The van der Waals surface area contributed by atoms with E-state index in [1.54, 1.807) is 12.4 Å². The Morgan fingerprint density at radius 3 is 2.80 bits per heavy atom. The Hall–Kier alpha value is -2.20. The molecule has 2 aromatic rings. The summed E-state index contributed by atoms with van der Waals surface area (Å²) in [6, 6.07) is 9.84. The number of aryl methyl sites for hydroxylation is 2. The van der Waals surface area contributed by atoms with E-state index in [1.807, 2.05) is 38.1 Å². The van der Waals surface area contributed by atoms with Gasteiger partial charge in [-0.1, -0.05) is 23.8 Å². The van der Waals surface area contributed by atoms with Crippen molar-refractivity contribution in [1.82, 2.24) is 10.3 Å². The SMILES string of the molecule is Cc1ccc(NC(=O)CNCc2cccnc2)c(C)c1. The molecule has 20 heavy (non-hydrogen) atoms. The van der Waals surface area contributed by atoms with E-state index < -0.39 is 0 Å². The Morgan fingerprint density at radius 2 is 2.10 bits per heavy atom. The van der Waals surface area contributed by atoms with E-state index in [9.17, 15) is 4.79 Å². The van der Waals surface area contributed by atoms with Gasteiger partial charge >= 0.3 is 0 Å². The van der Waals surface area contributed by atoms with Crippen LogP contribution in [0.5, 0.6) is 0 Å². The van der Waals surface area contributed by atoms with Gasteiger partial charge in [0, 0.05) is 24.6 Å². The van der Waals surface area contributed by atoms with Crippen LogP contribution in [0, 0.1) is 13.8 Å². The van der Waals surface area contributed by atoms with E-state index in [1.165, 1.54) is 5.56 Å². The van der Waals surface area contributed by atoms with Crippen molar-refractivity contribution >= 4 is 11.6 Å². The summed E-state index contributed by atoms with van der Waals surface area (Å²) >= 11 is 0. The van der Waals surface area contributed by atoms with Crippen molar-refractivity contribution in [3.8, 4) is 0 Å². The molecular weight excluding hydrogens is 250 g/mol. The van der Waals surface area contributed by atoms with E-state index >= 15 is 0 Å². The lowest BCUT2D eigenvalue weighted by Gasteiger charge is -2.09. The Bertz CT molecular complexity index is 582. The van der Waals surface area contributed by atoms with Crippen LogP contribution in [0.15, 0.2) is 42.7 Å². The van der Waals surface area contributed by atoms with Crippen molar-refractivity contribution in [2.45, 2.75) is 20.4 Å². The average molecular weight is 269 g/mol. The van der Waals surface area contributed by atoms with Crippen molar-refractivity contribution in [3.63, 3.8) is 0 Å². The zero-order valence-electron chi connectivity index (χ0n) is 11.8. The van der Waals surface area contributed by atoms with Gasteiger partial charge in [0.25, 0.3) is 0 Å². The van der Waals surface area contributed by atoms with Crippen LogP contribution < -0.4 is 10.6 Å². The monoisotopic (exact) mass is 269 g/mol. The molecule has 2 N–H and O–H groups in total. The van der Waals surface area contributed by atoms with Crippen molar-refractivity contribution in [2.75, 3.05) is 11.9 Å². The summed E-state index contributed by atoms with van der Waals surface area (Å²) in [6.45, 7) is 4.94. The Morgan fingerprint density at radius 1 is 1.25 bits per heavy atom. The van der Waals surface area contributed by atoms with E-state index in [2.05, 4.69) is 21.7 Å². The molecule has 0 aliphatic carbocycles. The minimum Gasteiger partial charge on any atom is -0.325 e. The van der Waals surface area contributed by atoms with Gasteiger partial charge in [0.05, 0.1) is 6.54 Å². The molecule has 1 aromatic heterocycles. The minimum atomic E-state index is -0.0409. The highest BCUT2D eigenvalue weighted by Gasteiger charge is 2.04. The molecule has 1 aromatic carbocycles. The smallest absolute Gasteiger partial charge is 0.238 e. The summed E-state index contributed by atoms with van der Waals surface area (Å²) in [6.07, 6.45) is 3.52. The summed E-state index contributed by atoms with van der Waals surface area (Å²) in [5.41, 5.74) is 4.19. The van der Waals surface area contributed by atoms with Crippen LogP contribution in [-0.4, -0.2) is 17.4 Å². The molecule has 0 spiro atoms. The van der Waals surface area contributed by atoms with Crippen LogP contribution >= 0.6 is 0 Å². The quantitative estimate of drug-likeness (QED) is 0.876. The van der Waals surface area contributed by atoms with Crippen molar-refractivity contribution in [3.05, 3.63) is 59.4 Å². The van der Waals surface area contributed by atoms with Gasteiger partial charge in [0.2, 0.25) is 5.91 Å². The number of amides is 1. The fourth-order valence-corrected chi connectivity index (χ4v) is 1.97. The maximum atomic E-state index is 11.9. The Labute approximate surface area is 119 Å². The predicted molar refractivity (Wildman–Crippen MR) is 80.5 cm³/mol. The molecule has 0 saturated carbocycles. The Kier molecular flexibility index (Phi) is 4.85. The van der Waals surface area contributed by atoms with Crippen LogP contribution in [0.25, 0.3) is 0 Å². The highest BCUT2D eigenvalue weighted by atomic mass is 16.1. The van der Waals surface area contributed by atoms with Crippen LogP contribution in [0.2, 0.25) is 0 Å². The van der Waals surface area contributed by atoms with Gasteiger partial charge in [0.15, 0.2) is 0 Å². The summed E-state index contributed by atoms with van der Waals surface area (Å²) in [7, 11) is 0. The molecule has 1 heterocycles. The van der Waals surface area contributed by atoms with E-state index in [-0.39, 0.29) is 12.5 Å². The van der Waals surface area contributed by atoms with Crippen LogP contribution in [0.4, 0.5) is 5.69 Å². The maximum Gasteiger partial charge on any atom is 0.238 e. The first-order chi connectivity index (χ1) is 9.65. The molecule has 104 valence electrons. The van der Waals surface area contributed by atoms with Gasteiger partial charge in [-0.15, -0.1) is 0 Å². The highest BCUT2D eigenvalue weighted by Crippen LogP contribution is 2.15. The number of nitrogens with one attached hydrogen (secondary N) is 2. The maximum absolute atomic E-state index is 11.9. The summed E-state index contributed by atoms with van der Waals surface area (Å²) in [5.74, 6) is -0.0409. The molecule has 0 aliphatic heterocycles. The van der Waals surface area contributed by atoms with Crippen molar-refractivity contribution in [1.29, 1.82) is 0 Å². The third-order valence-corrected chi connectivity index (χ3v) is 2.99. The molecule has 1 amide bonds. The number of anilines is 1. The van der Waals surface area contributed by atoms with E-state index in [0.717, 1.165) is 16.8 Å². The van der Waals surface area contributed by atoms with Gasteiger partial charge in [0.1, 0.15) is 0 Å². The van der Waals surface area contributed by atoms with Crippen LogP contribution in [-0.2, 0) is 11.3 Å². The number of aromatic nitrogens is 1. The second-order valence-electron chi connectivity index (χ2n) is 4.83. The first-order valence-corrected chi connectivity index (χ1v) is 6.62. The second-order valence-corrected chi connectivity index (χ2v) is 4.83. The molecule has 0 atom stereocenters. The predicted octanol–water partition coefficient (Wildman–Crippen LogP) is 2.43. The molecule has 0 radical (unpaired) electrons. The largest absolute Gasteiger partial charge is 0.325 e. The van der Waals surface area contributed by atoms with Gasteiger partial charge in [-0.3, -0.25) is 9.78 Å².